The molecule has 31 heavy (non-hydrogen) atoms. The lowest BCUT2D eigenvalue weighted by molar-refractivity contribution is 0.0767. The highest BCUT2D eigenvalue weighted by Gasteiger charge is 2.25. The topological polar surface area (TPSA) is 49.3 Å². The monoisotopic (exact) mass is 414 g/mol. The van der Waals surface area contributed by atoms with Crippen LogP contribution in [-0.2, 0) is 0 Å². The van der Waals surface area contributed by atoms with Gasteiger partial charge in [0.1, 0.15) is 5.82 Å². The van der Waals surface area contributed by atoms with Gasteiger partial charge in [0.15, 0.2) is 5.82 Å². The van der Waals surface area contributed by atoms with E-state index in [1.807, 2.05) is 53.4 Å². The van der Waals surface area contributed by atoms with Crippen molar-refractivity contribution in [1.29, 1.82) is 0 Å². The van der Waals surface area contributed by atoms with Crippen molar-refractivity contribution in [3.05, 3.63) is 77.5 Å². The Morgan fingerprint density at radius 3 is 2.23 bits per heavy atom. The second-order valence-electron chi connectivity index (χ2n) is 8.39. The number of hydrogen-bond acceptors (Lipinski definition) is 4. The normalized spacial score (nSPS) is 14.6. The Bertz CT molecular complexity index is 1030. The lowest BCUT2D eigenvalue weighted by Gasteiger charge is -2.27. The Labute approximate surface area is 184 Å². The molecule has 1 saturated heterocycles. The third kappa shape index (κ3) is 4.61. The smallest absolute Gasteiger partial charge is 0.253 e. The predicted molar refractivity (Wildman–Crippen MR) is 125 cm³/mol. The van der Waals surface area contributed by atoms with Gasteiger partial charge in [0.25, 0.3) is 5.91 Å². The maximum Gasteiger partial charge on any atom is 0.253 e. The van der Waals surface area contributed by atoms with E-state index in [1.54, 1.807) is 0 Å². The van der Waals surface area contributed by atoms with Gasteiger partial charge in [-0.1, -0.05) is 62.4 Å². The molecule has 0 atom stereocenters. The van der Waals surface area contributed by atoms with Crippen LogP contribution in [0.1, 0.15) is 47.8 Å². The summed E-state index contributed by atoms with van der Waals surface area (Å²) in [6.45, 7) is 9.56. The molecule has 0 aliphatic carbocycles. The largest absolute Gasteiger partial charge is 0.354 e. The zero-order valence-electron chi connectivity index (χ0n) is 18.6. The zero-order chi connectivity index (χ0) is 21.8. The summed E-state index contributed by atoms with van der Waals surface area (Å²) >= 11 is 0. The van der Waals surface area contributed by atoms with Gasteiger partial charge in [-0.15, -0.1) is 0 Å². The van der Waals surface area contributed by atoms with E-state index >= 15 is 0 Å². The highest BCUT2D eigenvalue weighted by Crippen LogP contribution is 2.31. The molecule has 2 aromatic carbocycles. The van der Waals surface area contributed by atoms with Gasteiger partial charge in [-0.2, -0.15) is 0 Å². The van der Waals surface area contributed by atoms with Crippen molar-refractivity contribution in [3.8, 4) is 11.4 Å². The van der Waals surface area contributed by atoms with Gasteiger partial charge in [-0.3, -0.25) is 4.79 Å². The molecule has 1 aliphatic heterocycles. The fourth-order valence-electron chi connectivity index (χ4n) is 4.30. The first-order chi connectivity index (χ1) is 15.0. The molecule has 4 rings (SSSR count). The highest BCUT2D eigenvalue weighted by atomic mass is 16.2. The minimum Gasteiger partial charge on any atom is -0.354 e. The summed E-state index contributed by atoms with van der Waals surface area (Å²) in [7, 11) is 0. The van der Waals surface area contributed by atoms with E-state index in [-0.39, 0.29) is 5.91 Å². The number of carbonyl (C=O) groups excluding carboxylic acids is 1. The lowest BCUT2D eigenvalue weighted by atomic mass is 10.0. The first-order valence-corrected chi connectivity index (χ1v) is 11.1. The molecule has 0 bridgehead atoms. The van der Waals surface area contributed by atoms with Gasteiger partial charge >= 0.3 is 0 Å². The van der Waals surface area contributed by atoms with Gasteiger partial charge in [-0.25, -0.2) is 9.97 Å². The van der Waals surface area contributed by atoms with Gasteiger partial charge in [0, 0.05) is 48.6 Å². The third-order valence-electron chi connectivity index (χ3n) is 5.83. The number of hydrogen-bond donors (Lipinski definition) is 0. The van der Waals surface area contributed by atoms with Crippen LogP contribution in [0, 0.1) is 6.92 Å². The van der Waals surface area contributed by atoms with Crippen molar-refractivity contribution in [2.75, 3.05) is 31.1 Å². The maximum absolute atomic E-state index is 12.9. The Morgan fingerprint density at radius 2 is 1.55 bits per heavy atom. The maximum atomic E-state index is 12.9. The second kappa shape index (κ2) is 9.29. The van der Waals surface area contributed by atoms with Crippen molar-refractivity contribution in [1.82, 2.24) is 14.9 Å². The van der Waals surface area contributed by atoms with Crippen LogP contribution in [0.2, 0.25) is 0 Å². The quantitative estimate of drug-likeness (QED) is 0.607. The molecule has 0 N–H and O–H groups in total. The number of anilines is 1. The van der Waals surface area contributed by atoms with Crippen LogP contribution >= 0.6 is 0 Å². The molecule has 5 heteroatoms. The summed E-state index contributed by atoms with van der Waals surface area (Å²) in [5.41, 5.74) is 4.00. The molecular formula is C26H30N4O. The van der Waals surface area contributed by atoms with Gasteiger partial charge in [0.05, 0.1) is 0 Å². The minimum absolute atomic E-state index is 0.107. The van der Waals surface area contributed by atoms with E-state index < -0.39 is 0 Å². The number of nitrogens with zero attached hydrogens (tertiary/aromatic N) is 4. The Balaban J connectivity index is 1.62. The SMILES string of the molecule is Cc1nc(-c2ccccc2)nc(N2CCCN(C(=O)c3ccccc3)CC2)c1C(C)C. The Morgan fingerprint density at radius 1 is 0.871 bits per heavy atom. The molecule has 1 aliphatic rings. The number of amides is 1. The first-order valence-electron chi connectivity index (χ1n) is 11.1. The van der Waals surface area contributed by atoms with E-state index in [2.05, 4.69) is 37.8 Å². The van der Waals surface area contributed by atoms with Crippen molar-refractivity contribution >= 4 is 11.7 Å². The summed E-state index contributed by atoms with van der Waals surface area (Å²) in [4.78, 5) is 27.1. The standard InChI is InChI=1S/C26H30N4O/c1-19(2)23-20(3)27-24(21-11-6-4-7-12-21)28-25(23)29-15-10-16-30(18-17-29)26(31)22-13-8-5-9-14-22/h4-9,11-14,19H,10,15-18H2,1-3H3. The molecule has 0 spiro atoms. The molecule has 0 radical (unpaired) electrons. The molecule has 160 valence electrons. The molecule has 0 saturated carbocycles. The van der Waals surface area contributed by atoms with Crippen LogP contribution in [0.4, 0.5) is 5.82 Å². The van der Waals surface area contributed by atoms with E-state index in [0.717, 1.165) is 54.5 Å². The number of benzene rings is 2. The van der Waals surface area contributed by atoms with Crippen LogP contribution in [0.15, 0.2) is 60.7 Å². The number of aryl methyl sites for hydroxylation is 1. The van der Waals surface area contributed by atoms with Crippen molar-refractivity contribution < 1.29 is 4.79 Å². The molecular weight excluding hydrogens is 384 g/mol. The van der Waals surface area contributed by atoms with Crippen LogP contribution in [0.25, 0.3) is 11.4 Å². The molecule has 1 amide bonds. The predicted octanol–water partition coefficient (Wildman–Crippen LogP) is 4.93. The van der Waals surface area contributed by atoms with E-state index in [1.165, 1.54) is 5.56 Å². The molecule has 5 nitrogen and oxygen atoms in total. The molecule has 3 aromatic rings. The lowest BCUT2D eigenvalue weighted by Crippen LogP contribution is -2.35. The van der Waals surface area contributed by atoms with E-state index in [9.17, 15) is 4.79 Å². The average Bonchev–Trinajstić information content (AvgIpc) is 3.05. The summed E-state index contributed by atoms with van der Waals surface area (Å²) < 4.78 is 0. The van der Waals surface area contributed by atoms with E-state index in [0.29, 0.717) is 12.5 Å². The van der Waals surface area contributed by atoms with Gasteiger partial charge in [-0.05, 0) is 31.4 Å². The van der Waals surface area contributed by atoms with Crippen molar-refractivity contribution in [3.63, 3.8) is 0 Å². The third-order valence-corrected chi connectivity index (χ3v) is 5.83. The van der Waals surface area contributed by atoms with Crippen molar-refractivity contribution in [2.45, 2.75) is 33.1 Å². The molecule has 0 unspecified atom stereocenters. The summed E-state index contributed by atoms with van der Waals surface area (Å²) in [6, 6.07) is 19.7. The van der Waals surface area contributed by atoms with Gasteiger partial charge in [0.2, 0.25) is 0 Å². The summed E-state index contributed by atoms with van der Waals surface area (Å²) in [6.07, 6.45) is 0.916. The van der Waals surface area contributed by atoms with Crippen molar-refractivity contribution in [2.24, 2.45) is 0 Å². The Hall–Kier alpha value is -3.21. The zero-order valence-corrected chi connectivity index (χ0v) is 18.6. The number of aromatic nitrogens is 2. The fourth-order valence-corrected chi connectivity index (χ4v) is 4.30. The van der Waals surface area contributed by atoms with Crippen LogP contribution in [-0.4, -0.2) is 47.0 Å². The van der Waals surface area contributed by atoms with E-state index in [4.69, 9.17) is 9.97 Å². The second-order valence-corrected chi connectivity index (χ2v) is 8.39. The number of rotatable bonds is 4. The minimum atomic E-state index is 0.107. The van der Waals surface area contributed by atoms with Crippen LogP contribution in [0.5, 0.6) is 0 Å². The molecule has 1 aromatic heterocycles. The number of carbonyl (C=O) groups is 1. The van der Waals surface area contributed by atoms with Crippen LogP contribution in [0.3, 0.4) is 0 Å². The van der Waals surface area contributed by atoms with Crippen LogP contribution < -0.4 is 4.90 Å². The van der Waals surface area contributed by atoms with Gasteiger partial charge < -0.3 is 9.80 Å². The highest BCUT2D eigenvalue weighted by molar-refractivity contribution is 5.94. The molecule has 1 fully saturated rings. The average molecular weight is 415 g/mol. The summed E-state index contributed by atoms with van der Waals surface area (Å²) in [5.74, 6) is 2.20. The Kier molecular flexibility index (Phi) is 6.31. The summed E-state index contributed by atoms with van der Waals surface area (Å²) in [5, 5.41) is 0. The molecule has 2 heterocycles. The first kappa shape index (κ1) is 21.0. The fraction of sp³-hybridized carbons (Fsp3) is 0.346.